The van der Waals surface area contributed by atoms with Gasteiger partial charge in [-0.25, -0.2) is 4.79 Å². The van der Waals surface area contributed by atoms with E-state index in [1.54, 1.807) is 0 Å². The van der Waals surface area contributed by atoms with Crippen LogP contribution in [0.4, 0.5) is 16.3 Å². The van der Waals surface area contributed by atoms with Crippen molar-refractivity contribution in [1.82, 2.24) is 20.2 Å². The Morgan fingerprint density at radius 1 is 0.935 bits per heavy atom. The highest BCUT2D eigenvalue weighted by atomic mass is 35.5. The van der Waals surface area contributed by atoms with Gasteiger partial charge in [0.05, 0.1) is 29.3 Å². The Hall–Kier alpha value is -4.08. The van der Waals surface area contributed by atoms with Crippen molar-refractivity contribution >= 4 is 40.0 Å². The van der Waals surface area contributed by atoms with Crippen LogP contribution in [0.5, 0.6) is 6.01 Å². The maximum absolute atomic E-state index is 13.3. The first kappa shape index (κ1) is 29.3. The summed E-state index contributed by atoms with van der Waals surface area (Å²) in [6.07, 6.45) is 4.76. The molecule has 238 valence electrons. The number of carbonyl (C=O) groups is 1. The molecular weight excluding hydrogens is 600 g/mol. The molecular formula is C36H39ClN6O3. The number of halogens is 1. The largest absolute Gasteiger partial charge is 0.462 e. The summed E-state index contributed by atoms with van der Waals surface area (Å²) in [5, 5.41) is 6.47. The third kappa shape index (κ3) is 5.71. The van der Waals surface area contributed by atoms with Gasteiger partial charge in [0.1, 0.15) is 19.0 Å². The normalized spacial score (nSPS) is 22.3. The summed E-state index contributed by atoms with van der Waals surface area (Å²) in [5.41, 5.74) is 4.28. The fourth-order valence-corrected chi connectivity index (χ4v) is 7.98. The second-order valence-corrected chi connectivity index (χ2v) is 13.3. The van der Waals surface area contributed by atoms with Crippen LogP contribution < -0.4 is 19.9 Å². The Morgan fingerprint density at radius 3 is 2.52 bits per heavy atom. The van der Waals surface area contributed by atoms with E-state index in [1.807, 2.05) is 47.4 Å². The Morgan fingerprint density at radius 2 is 1.74 bits per heavy atom. The Labute approximate surface area is 274 Å². The predicted molar refractivity (Wildman–Crippen MR) is 180 cm³/mol. The average Bonchev–Trinajstić information content (AvgIpc) is 3.71. The standard InChI is InChI=1S/C36H39ClN6O3/c37-30-12-4-9-25-10-5-13-32(33(25)30)41-18-16-29-31(21-41)39-35(45-23-26-11-6-17-38-26)40-34(29)42-19-27-14-15-28(20-42)43(27)36(44)46-22-24-7-2-1-3-8-24/h1-5,7-10,12-13,26-28,38H,6,11,14-23H2/t26-,27?,28?/m0/s1. The van der Waals surface area contributed by atoms with Gasteiger partial charge in [-0.3, -0.25) is 4.90 Å². The molecule has 3 aromatic carbocycles. The zero-order valence-electron chi connectivity index (χ0n) is 25.9. The molecule has 1 N–H and O–H groups in total. The van der Waals surface area contributed by atoms with Crippen LogP contribution in [0, 0.1) is 0 Å². The number of nitrogens with zero attached hydrogens (tertiary/aromatic N) is 5. The highest BCUT2D eigenvalue weighted by Crippen LogP contribution is 2.39. The number of amides is 1. The molecule has 46 heavy (non-hydrogen) atoms. The van der Waals surface area contributed by atoms with Crippen molar-refractivity contribution in [3.63, 3.8) is 0 Å². The van der Waals surface area contributed by atoms with Crippen molar-refractivity contribution in [2.24, 2.45) is 0 Å². The van der Waals surface area contributed by atoms with Crippen molar-refractivity contribution in [2.45, 2.75) is 63.4 Å². The average molecular weight is 639 g/mol. The first-order chi connectivity index (χ1) is 22.6. The number of aromatic nitrogens is 2. The lowest BCUT2D eigenvalue weighted by Gasteiger charge is -2.42. The summed E-state index contributed by atoms with van der Waals surface area (Å²) in [4.78, 5) is 30.1. The Balaban J connectivity index is 1.06. The van der Waals surface area contributed by atoms with E-state index >= 15 is 0 Å². The van der Waals surface area contributed by atoms with E-state index in [-0.39, 0.29) is 24.8 Å². The zero-order chi connectivity index (χ0) is 31.0. The fraction of sp³-hybridized carbons (Fsp3) is 0.417. The number of benzene rings is 3. The number of ether oxygens (including phenoxy) is 2. The molecule has 3 atom stereocenters. The van der Waals surface area contributed by atoms with E-state index in [9.17, 15) is 4.79 Å². The van der Waals surface area contributed by atoms with Gasteiger partial charge in [0, 0.05) is 42.3 Å². The minimum Gasteiger partial charge on any atom is -0.462 e. The van der Waals surface area contributed by atoms with Crippen molar-refractivity contribution < 1.29 is 14.3 Å². The van der Waals surface area contributed by atoms with E-state index in [4.69, 9.17) is 31.0 Å². The molecule has 2 unspecified atom stereocenters. The number of hydrogen-bond acceptors (Lipinski definition) is 8. The molecule has 2 bridgehead atoms. The summed E-state index contributed by atoms with van der Waals surface area (Å²) in [6.45, 7) is 4.76. The van der Waals surface area contributed by atoms with E-state index in [0.717, 1.165) is 83.8 Å². The molecule has 0 spiro atoms. The van der Waals surface area contributed by atoms with E-state index in [2.05, 4.69) is 39.4 Å². The Kier molecular flexibility index (Phi) is 8.04. The van der Waals surface area contributed by atoms with Gasteiger partial charge in [-0.05, 0) is 61.7 Å². The maximum atomic E-state index is 13.3. The summed E-state index contributed by atoms with van der Waals surface area (Å²) in [5.74, 6) is 0.948. The number of fused-ring (bicyclic) bond motifs is 4. The van der Waals surface area contributed by atoms with Gasteiger partial charge >= 0.3 is 12.1 Å². The van der Waals surface area contributed by atoms with Gasteiger partial charge < -0.3 is 24.6 Å². The second kappa shape index (κ2) is 12.6. The number of hydrogen-bond donors (Lipinski definition) is 1. The molecule has 8 rings (SSSR count). The lowest BCUT2D eigenvalue weighted by Crippen LogP contribution is -2.56. The quantitative estimate of drug-likeness (QED) is 0.265. The summed E-state index contributed by atoms with van der Waals surface area (Å²) >= 11 is 6.73. The van der Waals surface area contributed by atoms with Crippen molar-refractivity contribution in [1.29, 1.82) is 0 Å². The minimum absolute atomic E-state index is 0.0811. The van der Waals surface area contributed by atoms with Gasteiger partial charge in [-0.1, -0.05) is 66.2 Å². The molecule has 0 saturated carbocycles. The van der Waals surface area contributed by atoms with Crippen molar-refractivity contribution in [3.8, 4) is 6.01 Å². The van der Waals surface area contributed by atoms with Crippen LogP contribution in [0.25, 0.3) is 10.8 Å². The third-order valence-electron chi connectivity index (χ3n) is 9.97. The molecule has 4 aliphatic heterocycles. The lowest BCUT2D eigenvalue weighted by atomic mass is 10.0. The number of carbonyl (C=O) groups excluding carboxylic acids is 1. The SMILES string of the molecule is O=C(OCc1ccccc1)N1C2CCC1CN(c1nc(OC[C@@H]3CCCN3)nc3c1CCN(c1cccc4cccc(Cl)c14)C3)C2. The Bertz CT molecular complexity index is 1710. The van der Waals surface area contributed by atoms with Crippen LogP contribution in [0.3, 0.4) is 0 Å². The molecule has 3 saturated heterocycles. The molecule has 9 nitrogen and oxygen atoms in total. The van der Waals surface area contributed by atoms with Gasteiger partial charge in [0.15, 0.2) is 0 Å². The topological polar surface area (TPSA) is 83.1 Å². The van der Waals surface area contributed by atoms with Crippen LogP contribution >= 0.6 is 11.6 Å². The molecule has 10 heteroatoms. The van der Waals surface area contributed by atoms with Crippen LogP contribution in [0.15, 0.2) is 66.7 Å². The summed E-state index contributed by atoms with van der Waals surface area (Å²) in [6, 6.07) is 23.2. The van der Waals surface area contributed by atoms with Crippen LogP contribution in [0.2, 0.25) is 5.02 Å². The van der Waals surface area contributed by atoms with Crippen molar-refractivity contribution in [2.75, 3.05) is 42.6 Å². The fourth-order valence-electron chi connectivity index (χ4n) is 7.70. The monoisotopic (exact) mass is 638 g/mol. The molecule has 0 aliphatic carbocycles. The number of nitrogens with one attached hydrogen (secondary N) is 1. The van der Waals surface area contributed by atoms with Crippen molar-refractivity contribution in [3.05, 3.63) is 88.6 Å². The van der Waals surface area contributed by atoms with E-state index in [1.165, 1.54) is 5.56 Å². The second-order valence-electron chi connectivity index (χ2n) is 12.9. The summed E-state index contributed by atoms with van der Waals surface area (Å²) < 4.78 is 12.1. The smallest absolute Gasteiger partial charge is 0.410 e. The van der Waals surface area contributed by atoms with Crippen LogP contribution in [0.1, 0.15) is 42.5 Å². The molecule has 3 fully saturated rings. The lowest BCUT2D eigenvalue weighted by molar-refractivity contribution is 0.0732. The van der Waals surface area contributed by atoms with Crippen LogP contribution in [-0.4, -0.2) is 71.9 Å². The number of rotatable bonds is 7. The van der Waals surface area contributed by atoms with Gasteiger partial charge in [0.25, 0.3) is 0 Å². The molecule has 5 heterocycles. The molecule has 1 aromatic heterocycles. The van der Waals surface area contributed by atoms with Gasteiger partial charge in [0.2, 0.25) is 0 Å². The maximum Gasteiger partial charge on any atom is 0.410 e. The third-order valence-corrected chi connectivity index (χ3v) is 10.3. The highest BCUT2D eigenvalue weighted by Gasteiger charge is 2.44. The van der Waals surface area contributed by atoms with E-state index < -0.39 is 0 Å². The molecule has 4 aliphatic rings. The number of piperazine rings is 1. The van der Waals surface area contributed by atoms with E-state index in [0.29, 0.717) is 38.3 Å². The van der Waals surface area contributed by atoms with Crippen LogP contribution in [-0.2, 0) is 24.3 Å². The number of anilines is 2. The first-order valence-electron chi connectivity index (χ1n) is 16.5. The molecule has 1 amide bonds. The zero-order valence-corrected chi connectivity index (χ0v) is 26.7. The predicted octanol–water partition coefficient (Wildman–Crippen LogP) is 5.97. The summed E-state index contributed by atoms with van der Waals surface area (Å²) in [7, 11) is 0. The minimum atomic E-state index is -0.224. The highest BCUT2D eigenvalue weighted by molar-refractivity contribution is 6.36. The molecule has 0 radical (unpaired) electrons. The van der Waals surface area contributed by atoms with Gasteiger partial charge in [-0.15, -0.1) is 0 Å². The van der Waals surface area contributed by atoms with Gasteiger partial charge in [-0.2, -0.15) is 9.97 Å². The molecule has 4 aromatic rings. The first-order valence-corrected chi connectivity index (χ1v) is 16.9.